The molecular weight excluding hydrogens is 574 g/mol. The third-order valence-electron chi connectivity index (χ3n) is 6.32. The Morgan fingerprint density at radius 3 is 2.44 bits per heavy atom. The van der Waals surface area contributed by atoms with Gasteiger partial charge < -0.3 is 29.2 Å². The molecule has 5 rings (SSSR count). The molecule has 12 nitrogen and oxygen atoms in total. The molecule has 0 spiro atoms. The summed E-state index contributed by atoms with van der Waals surface area (Å²) in [7, 11) is 0. The predicted molar refractivity (Wildman–Crippen MR) is 163 cm³/mol. The summed E-state index contributed by atoms with van der Waals surface area (Å²) in [5, 5.41) is 18.0. The van der Waals surface area contributed by atoms with E-state index in [1.54, 1.807) is 17.4 Å². The van der Waals surface area contributed by atoms with E-state index < -0.39 is 12.0 Å². The Morgan fingerprint density at radius 1 is 0.977 bits per heavy atom. The third-order valence-corrected chi connectivity index (χ3v) is 7.34. The van der Waals surface area contributed by atoms with Crippen molar-refractivity contribution in [2.45, 2.75) is 32.6 Å². The number of imidazole rings is 1. The number of urea groups is 1. The highest BCUT2D eigenvalue weighted by atomic mass is 32.1. The van der Waals surface area contributed by atoms with Gasteiger partial charge in [0.1, 0.15) is 18.1 Å². The van der Waals surface area contributed by atoms with Crippen LogP contribution < -0.4 is 15.4 Å². The van der Waals surface area contributed by atoms with Gasteiger partial charge in [0.05, 0.1) is 48.8 Å². The molecular formula is C30H33N5O7S. The third kappa shape index (κ3) is 7.89. The van der Waals surface area contributed by atoms with Crippen molar-refractivity contribution in [3.8, 4) is 17.0 Å². The number of aromatic nitrogens is 3. The van der Waals surface area contributed by atoms with E-state index in [0.29, 0.717) is 43.7 Å². The van der Waals surface area contributed by atoms with Crippen molar-refractivity contribution in [3.05, 3.63) is 60.5 Å². The summed E-state index contributed by atoms with van der Waals surface area (Å²) in [4.78, 5) is 28.5. The number of benzene rings is 2. The molecule has 0 aliphatic heterocycles. The number of aliphatic carboxylic acids is 1. The molecule has 0 aliphatic rings. The van der Waals surface area contributed by atoms with E-state index in [1.807, 2.05) is 69.4 Å². The van der Waals surface area contributed by atoms with Gasteiger partial charge in [0.25, 0.3) is 0 Å². The van der Waals surface area contributed by atoms with E-state index in [1.165, 1.54) is 0 Å². The van der Waals surface area contributed by atoms with Gasteiger partial charge in [0, 0.05) is 28.9 Å². The summed E-state index contributed by atoms with van der Waals surface area (Å²) in [6.07, 6.45) is 1.98. The molecule has 0 saturated carbocycles. The van der Waals surface area contributed by atoms with Crippen LogP contribution in [0.25, 0.3) is 26.4 Å². The maximum absolute atomic E-state index is 12.4. The lowest BCUT2D eigenvalue weighted by atomic mass is 9.93. The number of carboxylic acids is 1. The molecule has 2 amide bonds. The molecule has 0 saturated heterocycles. The van der Waals surface area contributed by atoms with Crippen LogP contribution in [0.1, 0.15) is 33.0 Å². The van der Waals surface area contributed by atoms with Crippen molar-refractivity contribution >= 4 is 50.0 Å². The van der Waals surface area contributed by atoms with Gasteiger partial charge in [-0.25, -0.2) is 9.78 Å². The summed E-state index contributed by atoms with van der Waals surface area (Å²) in [5.74, 6) is 0.897. The van der Waals surface area contributed by atoms with Gasteiger partial charge in [-0.1, -0.05) is 49.4 Å². The molecule has 0 radical (unpaired) electrons. The van der Waals surface area contributed by atoms with Gasteiger partial charge in [-0.2, -0.15) is 0 Å². The van der Waals surface area contributed by atoms with Crippen molar-refractivity contribution in [1.29, 1.82) is 0 Å². The Morgan fingerprint density at radius 2 is 1.72 bits per heavy atom. The Bertz CT molecular complexity index is 1700. The lowest BCUT2D eigenvalue weighted by Crippen LogP contribution is -2.19. The number of ether oxygens (including phenoxy) is 3. The molecule has 3 aromatic heterocycles. The normalized spacial score (nSPS) is 11.7. The first-order chi connectivity index (χ1) is 20.7. The first-order valence-electron chi connectivity index (χ1n) is 13.7. The highest BCUT2D eigenvalue weighted by Crippen LogP contribution is 2.32. The maximum atomic E-state index is 12.4. The standard InChI is InChI=1S/C30H33N5O7S/c1-30(2,3)25-17-26(34-42-25)33-28(38)31-20-6-4-19(5-7-20)22-18-35-23-9-8-21(16-24(23)43-29(35)32-22)41-15-14-40-13-12-39-11-10-27(36)37/h4-9,16-18H,10-15H2,1-3H3,(H,36,37)(H2,31,33,34,38). The van der Waals surface area contributed by atoms with Gasteiger partial charge in [-0.05, 0) is 30.3 Å². The highest BCUT2D eigenvalue weighted by Gasteiger charge is 2.20. The number of nitrogens with one attached hydrogen (secondary N) is 2. The summed E-state index contributed by atoms with van der Waals surface area (Å²) in [6.45, 7) is 7.71. The molecule has 2 aromatic carbocycles. The molecule has 3 N–H and O–H groups in total. The molecule has 13 heteroatoms. The Hall–Kier alpha value is -4.46. The Labute approximate surface area is 251 Å². The lowest BCUT2D eigenvalue weighted by Gasteiger charge is -2.12. The number of nitrogens with zero attached hydrogens (tertiary/aromatic N) is 3. The van der Waals surface area contributed by atoms with Crippen LogP contribution in [0.15, 0.2) is 59.3 Å². The van der Waals surface area contributed by atoms with Crippen molar-refractivity contribution in [1.82, 2.24) is 14.5 Å². The van der Waals surface area contributed by atoms with Crippen LogP contribution in [-0.2, 0) is 19.7 Å². The number of anilines is 2. The highest BCUT2D eigenvalue weighted by molar-refractivity contribution is 7.23. The fourth-order valence-corrected chi connectivity index (χ4v) is 5.14. The average Bonchev–Trinajstić information content (AvgIpc) is 3.67. The van der Waals surface area contributed by atoms with E-state index in [4.69, 9.17) is 28.8 Å². The van der Waals surface area contributed by atoms with Crippen LogP contribution >= 0.6 is 11.3 Å². The number of hydrogen-bond acceptors (Lipinski definition) is 9. The molecule has 43 heavy (non-hydrogen) atoms. The monoisotopic (exact) mass is 607 g/mol. The number of carbonyl (C=O) groups is 2. The molecule has 3 heterocycles. The van der Waals surface area contributed by atoms with Gasteiger partial charge >= 0.3 is 12.0 Å². The van der Waals surface area contributed by atoms with Crippen LogP contribution in [-0.4, -0.2) is 64.7 Å². The number of fused-ring (bicyclic) bond motifs is 3. The zero-order valence-electron chi connectivity index (χ0n) is 24.1. The van der Waals surface area contributed by atoms with Gasteiger partial charge in [-0.3, -0.25) is 14.5 Å². The minimum atomic E-state index is -0.881. The van der Waals surface area contributed by atoms with Crippen molar-refractivity contribution in [2.24, 2.45) is 0 Å². The zero-order valence-corrected chi connectivity index (χ0v) is 24.9. The van der Waals surface area contributed by atoms with E-state index in [9.17, 15) is 9.59 Å². The smallest absolute Gasteiger partial charge is 0.324 e. The number of carboxylic acid groups (broad SMARTS) is 1. The van der Waals surface area contributed by atoms with Crippen LogP contribution in [0.3, 0.4) is 0 Å². The minimum absolute atomic E-state index is 0.0157. The van der Waals surface area contributed by atoms with Crippen LogP contribution in [0, 0.1) is 0 Å². The maximum Gasteiger partial charge on any atom is 0.324 e. The van der Waals surface area contributed by atoms with Crippen molar-refractivity contribution < 1.29 is 33.4 Å². The second-order valence-corrected chi connectivity index (χ2v) is 11.7. The minimum Gasteiger partial charge on any atom is -0.491 e. The summed E-state index contributed by atoms with van der Waals surface area (Å²) in [6, 6.07) is 14.7. The number of rotatable bonds is 13. The second kappa shape index (κ2) is 13.2. The Balaban J connectivity index is 1.12. The van der Waals surface area contributed by atoms with Crippen LogP contribution in [0.2, 0.25) is 0 Å². The van der Waals surface area contributed by atoms with Gasteiger partial charge in [-0.15, -0.1) is 0 Å². The summed E-state index contributed by atoms with van der Waals surface area (Å²) < 4.78 is 24.9. The first kappa shape index (κ1) is 30.0. The predicted octanol–water partition coefficient (Wildman–Crippen LogP) is 6.03. The largest absolute Gasteiger partial charge is 0.491 e. The Kier molecular flexibility index (Phi) is 9.24. The van der Waals surface area contributed by atoms with E-state index in [-0.39, 0.29) is 18.4 Å². The van der Waals surface area contributed by atoms with Gasteiger partial charge in [0.15, 0.2) is 10.8 Å². The number of hydrogen-bond donors (Lipinski definition) is 3. The van der Waals surface area contributed by atoms with Gasteiger partial charge in [0.2, 0.25) is 0 Å². The second-order valence-electron chi connectivity index (χ2n) is 10.7. The summed E-state index contributed by atoms with van der Waals surface area (Å²) in [5.41, 5.74) is 3.21. The van der Waals surface area contributed by atoms with E-state index in [2.05, 4.69) is 20.2 Å². The topological polar surface area (TPSA) is 149 Å². The van der Waals surface area contributed by atoms with Crippen molar-refractivity contribution in [3.63, 3.8) is 0 Å². The quantitative estimate of drug-likeness (QED) is 0.136. The molecule has 5 aromatic rings. The molecule has 0 unspecified atom stereocenters. The number of amides is 2. The van der Waals surface area contributed by atoms with Crippen LogP contribution in [0.5, 0.6) is 5.75 Å². The lowest BCUT2D eigenvalue weighted by molar-refractivity contribution is -0.138. The SMILES string of the molecule is CC(C)(C)c1cc(NC(=O)Nc2ccc(-c3cn4c(n3)sc3cc(OCCOCCOCCC(=O)O)ccc34)cc2)no1. The molecule has 226 valence electrons. The van der Waals surface area contributed by atoms with Crippen molar-refractivity contribution in [2.75, 3.05) is 43.7 Å². The zero-order chi connectivity index (χ0) is 30.4. The van der Waals surface area contributed by atoms with Crippen LogP contribution in [0.4, 0.5) is 16.3 Å². The fraction of sp³-hybridized carbons (Fsp3) is 0.333. The molecule has 0 bridgehead atoms. The first-order valence-corrected chi connectivity index (χ1v) is 14.5. The molecule has 0 aliphatic carbocycles. The average molecular weight is 608 g/mol. The fourth-order valence-electron chi connectivity index (χ4n) is 4.10. The molecule has 0 atom stereocenters. The number of thiazole rings is 1. The number of carbonyl (C=O) groups excluding carboxylic acids is 1. The molecule has 0 fully saturated rings. The van der Waals surface area contributed by atoms with E-state index >= 15 is 0 Å². The summed E-state index contributed by atoms with van der Waals surface area (Å²) >= 11 is 1.57. The van der Waals surface area contributed by atoms with E-state index in [0.717, 1.165) is 32.2 Å².